The van der Waals surface area contributed by atoms with E-state index in [-0.39, 0.29) is 5.82 Å². The molecule has 0 radical (unpaired) electrons. The van der Waals surface area contributed by atoms with E-state index in [0.29, 0.717) is 21.5 Å². The van der Waals surface area contributed by atoms with E-state index in [1.165, 1.54) is 6.07 Å². The summed E-state index contributed by atoms with van der Waals surface area (Å²) in [6.45, 7) is 0. The van der Waals surface area contributed by atoms with E-state index in [2.05, 4.69) is 15.9 Å². The lowest BCUT2D eigenvalue weighted by molar-refractivity contribution is 0.414. The molecule has 0 fully saturated rings. The molecule has 0 saturated heterocycles. The molecule has 20 heavy (non-hydrogen) atoms. The van der Waals surface area contributed by atoms with Gasteiger partial charge in [-0.15, -0.1) is 11.6 Å². The quantitative estimate of drug-likeness (QED) is 0.485. The fourth-order valence-electron chi connectivity index (χ4n) is 1.89. The van der Waals surface area contributed by atoms with E-state index in [4.69, 9.17) is 27.9 Å². The Morgan fingerprint density at radius 1 is 1.30 bits per heavy atom. The van der Waals surface area contributed by atoms with E-state index < -0.39 is 5.38 Å². The molecule has 1 nitrogen and oxygen atoms in total. The zero-order valence-electron chi connectivity index (χ0n) is 10.7. The molecule has 5 heteroatoms. The first-order chi connectivity index (χ1) is 9.51. The second kappa shape index (κ2) is 6.79. The Labute approximate surface area is 135 Å². The predicted molar refractivity (Wildman–Crippen MR) is 84.4 cm³/mol. The summed E-state index contributed by atoms with van der Waals surface area (Å²) >= 11 is 15.5. The van der Waals surface area contributed by atoms with Crippen LogP contribution in [0.3, 0.4) is 0 Å². The Kier molecular flexibility index (Phi) is 5.30. The van der Waals surface area contributed by atoms with E-state index in [1.807, 2.05) is 24.3 Å². The number of rotatable bonds is 4. The highest BCUT2D eigenvalue weighted by atomic mass is 79.9. The highest BCUT2D eigenvalue weighted by molar-refractivity contribution is 9.10. The fraction of sp³-hybridized carbons (Fsp3) is 0.200. The molecule has 106 valence electrons. The highest BCUT2D eigenvalue weighted by Crippen LogP contribution is 2.33. The summed E-state index contributed by atoms with van der Waals surface area (Å²) in [5, 5.41) is -0.0506. The van der Waals surface area contributed by atoms with E-state index in [9.17, 15) is 4.39 Å². The third kappa shape index (κ3) is 3.66. The van der Waals surface area contributed by atoms with Crippen LogP contribution in [-0.2, 0) is 6.42 Å². The van der Waals surface area contributed by atoms with Gasteiger partial charge < -0.3 is 4.74 Å². The molecule has 0 aliphatic rings. The third-order valence-corrected chi connectivity index (χ3v) is 4.51. The Morgan fingerprint density at radius 3 is 2.75 bits per heavy atom. The number of hydrogen-bond donors (Lipinski definition) is 0. The van der Waals surface area contributed by atoms with Gasteiger partial charge in [-0.25, -0.2) is 4.39 Å². The van der Waals surface area contributed by atoms with E-state index in [1.54, 1.807) is 13.2 Å². The van der Waals surface area contributed by atoms with Crippen LogP contribution in [0.1, 0.15) is 16.5 Å². The van der Waals surface area contributed by atoms with Crippen molar-refractivity contribution in [3.8, 4) is 5.75 Å². The van der Waals surface area contributed by atoms with Gasteiger partial charge in [0, 0.05) is 10.0 Å². The summed E-state index contributed by atoms with van der Waals surface area (Å²) in [5.74, 6) is 0.379. The van der Waals surface area contributed by atoms with E-state index in [0.717, 1.165) is 11.3 Å². The van der Waals surface area contributed by atoms with Crippen LogP contribution in [0, 0.1) is 5.82 Å². The van der Waals surface area contributed by atoms with Gasteiger partial charge in [-0.3, -0.25) is 0 Å². The van der Waals surface area contributed by atoms with Crippen molar-refractivity contribution in [1.29, 1.82) is 0 Å². The van der Waals surface area contributed by atoms with Crippen molar-refractivity contribution in [3.05, 3.63) is 62.8 Å². The monoisotopic (exact) mass is 376 g/mol. The molecule has 2 rings (SSSR count). The lowest BCUT2D eigenvalue weighted by Crippen LogP contribution is -2.00. The van der Waals surface area contributed by atoms with Gasteiger partial charge in [0.1, 0.15) is 11.6 Å². The van der Waals surface area contributed by atoms with Gasteiger partial charge in [0.15, 0.2) is 0 Å². The van der Waals surface area contributed by atoms with Gasteiger partial charge >= 0.3 is 0 Å². The first-order valence-corrected chi connectivity index (χ1v) is 7.53. The molecule has 0 saturated carbocycles. The van der Waals surface area contributed by atoms with Gasteiger partial charge in [0.25, 0.3) is 0 Å². The minimum Gasteiger partial charge on any atom is -0.497 e. The van der Waals surface area contributed by atoms with Crippen LogP contribution < -0.4 is 4.74 Å². The third-order valence-electron chi connectivity index (χ3n) is 2.93. The van der Waals surface area contributed by atoms with Crippen LogP contribution >= 0.6 is 39.1 Å². The Balaban J connectivity index is 2.23. The van der Waals surface area contributed by atoms with Crippen molar-refractivity contribution in [1.82, 2.24) is 0 Å². The van der Waals surface area contributed by atoms with Crippen LogP contribution in [0.2, 0.25) is 5.02 Å². The molecule has 1 unspecified atom stereocenters. The summed E-state index contributed by atoms with van der Waals surface area (Å²) in [4.78, 5) is 0. The topological polar surface area (TPSA) is 9.23 Å². The van der Waals surface area contributed by atoms with Gasteiger partial charge in [-0.1, -0.05) is 23.7 Å². The number of ether oxygens (including phenoxy) is 1. The summed E-state index contributed by atoms with van der Waals surface area (Å²) in [6.07, 6.45) is 0.494. The number of methoxy groups -OCH3 is 1. The summed E-state index contributed by atoms with van der Waals surface area (Å²) in [6, 6.07) is 10.4. The highest BCUT2D eigenvalue weighted by Gasteiger charge is 2.16. The van der Waals surface area contributed by atoms with Crippen molar-refractivity contribution in [2.45, 2.75) is 11.8 Å². The molecule has 0 aliphatic heterocycles. The lowest BCUT2D eigenvalue weighted by Gasteiger charge is -2.13. The molecule has 2 aromatic carbocycles. The average molecular weight is 378 g/mol. The van der Waals surface area contributed by atoms with Crippen LogP contribution in [0.15, 0.2) is 40.9 Å². The second-order valence-electron chi connectivity index (χ2n) is 4.31. The Bertz CT molecular complexity index is 619. The minimum atomic E-state index is -0.493. The molecule has 0 N–H and O–H groups in total. The molecular weight excluding hydrogens is 366 g/mol. The van der Waals surface area contributed by atoms with Crippen molar-refractivity contribution < 1.29 is 9.13 Å². The molecule has 0 heterocycles. The van der Waals surface area contributed by atoms with Crippen LogP contribution in [0.5, 0.6) is 5.75 Å². The maximum atomic E-state index is 13.9. The van der Waals surface area contributed by atoms with Crippen LogP contribution in [-0.4, -0.2) is 7.11 Å². The van der Waals surface area contributed by atoms with Crippen molar-refractivity contribution in [3.63, 3.8) is 0 Å². The molecule has 1 atom stereocenters. The van der Waals surface area contributed by atoms with Gasteiger partial charge in [0.05, 0.1) is 17.5 Å². The second-order valence-corrected chi connectivity index (χ2v) is 6.10. The SMILES string of the molecule is COc1cccc(CC(Cl)c2cc(Cl)c(Br)cc2F)c1. The lowest BCUT2D eigenvalue weighted by atomic mass is 10.0. The summed E-state index contributed by atoms with van der Waals surface area (Å²) in [5.41, 5.74) is 1.37. The number of alkyl halides is 1. The summed E-state index contributed by atoms with van der Waals surface area (Å²) in [7, 11) is 1.60. The van der Waals surface area contributed by atoms with Gasteiger partial charge in [-0.05, 0) is 52.2 Å². The van der Waals surface area contributed by atoms with Crippen LogP contribution in [0.25, 0.3) is 0 Å². The minimum absolute atomic E-state index is 0.371. The average Bonchev–Trinajstić information content (AvgIpc) is 2.43. The normalized spacial score (nSPS) is 12.2. The Morgan fingerprint density at radius 2 is 2.05 bits per heavy atom. The molecular formula is C15H12BrCl2FO. The zero-order chi connectivity index (χ0) is 14.7. The maximum Gasteiger partial charge on any atom is 0.129 e. The number of halogens is 4. The predicted octanol–water partition coefficient (Wildman–Crippen LogP) is 5.77. The zero-order valence-corrected chi connectivity index (χ0v) is 13.8. The molecule has 0 aliphatic carbocycles. The first-order valence-electron chi connectivity index (χ1n) is 5.92. The van der Waals surface area contributed by atoms with Crippen molar-refractivity contribution in [2.24, 2.45) is 0 Å². The first kappa shape index (κ1) is 15.6. The summed E-state index contributed by atoms with van der Waals surface area (Å²) < 4.78 is 19.6. The van der Waals surface area contributed by atoms with Gasteiger partial charge in [0.2, 0.25) is 0 Å². The standard InChI is InChI=1S/C15H12BrCl2FO/c1-20-10-4-2-3-9(5-10)6-13(17)11-7-14(18)12(16)8-15(11)19/h2-5,7-8,13H,6H2,1H3. The van der Waals surface area contributed by atoms with Crippen molar-refractivity contribution in [2.75, 3.05) is 7.11 Å². The van der Waals surface area contributed by atoms with Crippen molar-refractivity contribution >= 4 is 39.1 Å². The number of benzene rings is 2. The largest absolute Gasteiger partial charge is 0.497 e. The molecule has 0 bridgehead atoms. The fourth-order valence-corrected chi connectivity index (χ4v) is 2.73. The van der Waals surface area contributed by atoms with E-state index >= 15 is 0 Å². The molecule has 2 aromatic rings. The molecule has 0 amide bonds. The Hall–Kier alpha value is -0.770. The van der Waals surface area contributed by atoms with Gasteiger partial charge in [-0.2, -0.15) is 0 Å². The van der Waals surface area contributed by atoms with Crippen LogP contribution in [0.4, 0.5) is 4.39 Å². The molecule has 0 spiro atoms. The number of hydrogen-bond acceptors (Lipinski definition) is 1. The maximum absolute atomic E-state index is 13.9. The smallest absolute Gasteiger partial charge is 0.129 e. The molecule has 0 aromatic heterocycles.